The van der Waals surface area contributed by atoms with Crippen LogP contribution in [0.25, 0.3) is 10.8 Å². The number of aliphatic hydroxyl groups is 1. The number of fused-ring (bicyclic) bond motifs is 1. The minimum Gasteiger partial charge on any atom is -0.384 e. The van der Waals surface area contributed by atoms with Crippen LogP contribution in [0.15, 0.2) is 41.6 Å². The van der Waals surface area contributed by atoms with E-state index >= 15 is 0 Å². The highest BCUT2D eigenvalue weighted by atomic mass is 32.2. The Hall–Kier alpha value is -2.03. The zero-order chi connectivity index (χ0) is 18.0. The molecule has 1 fully saturated rings. The number of nitrogens with zero attached hydrogens (tertiary/aromatic N) is 3. The average molecular weight is 363 g/mol. The van der Waals surface area contributed by atoms with Crippen LogP contribution in [0.3, 0.4) is 0 Å². The van der Waals surface area contributed by atoms with Crippen LogP contribution in [-0.4, -0.2) is 65.9 Å². The largest absolute Gasteiger partial charge is 0.384 e. The van der Waals surface area contributed by atoms with Gasteiger partial charge in [-0.3, -0.25) is 9.78 Å². The molecule has 134 valence electrons. The number of aliphatic hydroxyl groups excluding tert-OH is 1. The summed E-state index contributed by atoms with van der Waals surface area (Å²) in [5.41, 5.74) is 0. The maximum Gasteiger partial charge on any atom is 0.251 e. The van der Waals surface area contributed by atoms with Gasteiger partial charge in [-0.1, -0.05) is 12.1 Å². The Labute approximate surface area is 146 Å². The molecule has 1 aliphatic rings. The number of sulfonamides is 1. The smallest absolute Gasteiger partial charge is 0.251 e. The second-order valence-corrected chi connectivity index (χ2v) is 8.02. The van der Waals surface area contributed by atoms with Crippen molar-refractivity contribution >= 4 is 26.7 Å². The van der Waals surface area contributed by atoms with E-state index in [0.717, 1.165) is 5.39 Å². The number of amides is 1. The molecule has 0 radical (unpaired) electrons. The summed E-state index contributed by atoms with van der Waals surface area (Å²) in [4.78, 5) is 17.8. The lowest BCUT2D eigenvalue weighted by molar-refractivity contribution is -0.139. The van der Waals surface area contributed by atoms with Crippen molar-refractivity contribution < 1.29 is 18.3 Å². The Balaban J connectivity index is 1.89. The Bertz CT molecular complexity index is 877. The van der Waals surface area contributed by atoms with Gasteiger partial charge in [-0.15, -0.1) is 0 Å². The summed E-state index contributed by atoms with van der Waals surface area (Å²) in [6, 6.07) is 6.83. The lowest BCUT2D eigenvalue weighted by atomic mass is 10.2. The Kier molecular flexibility index (Phi) is 5.03. The summed E-state index contributed by atoms with van der Waals surface area (Å²) in [5.74, 6) is -0.365. The predicted octanol–water partition coefficient (Wildman–Crippen LogP) is 0.839. The van der Waals surface area contributed by atoms with Gasteiger partial charge >= 0.3 is 0 Å². The van der Waals surface area contributed by atoms with Crippen molar-refractivity contribution in [1.29, 1.82) is 0 Å². The molecule has 0 unspecified atom stereocenters. The van der Waals surface area contributed by atoms with E-state index in [-0.39, 0.29) is 23.9 Å². The van der Waals surface area contributed by atoms with Crippen LogP contribution in [0.5, 0.6) is 0 Å². The van der Waals surface area contributed by atoms with Crippen molar-refractivity contribution in [2.75, 3.05) is 26.2 Å². The van der Waals surface area contributed by atoms with Crippen LogP contribution in [0, 0.1) is 0 Å². The monoisotopic (exact) mass is 363 g/mol. The van der Waals surface area contributed by atoms with E-state index in [2.05, 4.69) is 4.98 Å². The van der Waals surface area contributed by atoms with Gasteiger partial charge in [0.05, 0.1) is 4.90 Å². The predicted molar refractivity (Wildman–Crippen MR) is 93.4 cm³/mol. The standard InChI is InChI=1S/C17H21N3O4S/c1-13(21)17(22)19-8-3-9-20(11-10-19)25(23,24)16-5-2-4-14-12-18-7-6-15(14)16/h2,4-7,12-13,21H,3,8-11H2,1H3/t13-/m0/s1. The molecule has 1 N–H and O–H groups in total. The molecule has 2 heterocycles. The summed E-state index contributed by atoms with van der Waals surface area (Å²) in [7, 11) is -3.68. The summed E-state index contributed by atoms with van der Waals surface area (Å²) in [5, 5.41) is 10.9. The number of carbonyl (C=O) groups excluding carboxylic acids is 1. The molecule has 8 heteroatoms. The van der Waals surface area contributed by atoms with Crippen LogP contribution >= 0.6 is 0 Å². The van der Waals surface area contributed by atoms with E-state index in [9.17, 15) is 18.3 Å². The average Bonchev–Trinajstić information content (AvgIpc) is 2.87. The molecule has 1 aromatic heterocycles. The van der Waals surface area contributed by atoms with Crippen molar-refractivity contribution in [3.05, 3.63) is 36.7 Å². The molecule has 1 aliphatic heterocycles. The van der Waals surface area contributed by atoms with E-state index in [1.807, 2.05) is 6.07 Å². The minimum absolute atomic E-state index is 0.211. The number of benzene rings is 1. The van der Waals surface area contributed by atoms with Gasteiger partial charge in [-0.05, 0) is 25.5 Å². The van der Waals surface area contributed by atoms with E-state index < -0.39 is 16.1 Å². The fourth-order valence-corrected chi connectivity index (χ4v) is 4.76. The summed E-state index contributed by atoms with van der Waals surface area (Å²) < 4.78 is 27.6. The lowest BCUT2D eigenvalue weighted by Gasteiger charge is -2.23. The first-order valence-corrected chi connectivity index (χ1v) is 9.65. The second kappa shape index (κ2) is 7.07. The van der Waals surface area contributed by atoms with Gasteiger partial charge in [0.2, 0.25) is 10.0 Å². The molecule has 1 saturated heterocycles. The number of hydrogen-bond acceptors (Lipinski definition) is 5. The summed E-state index contributed by atoms with van der Waals surface area (Å²) in [6.45, 7) is 2.69. The Morgan fingerprint density at radius 2 is 2.00 bits per heavy atom. The zero-order valence-electron chi connectivity index (χ0n) is 14.0. The van der Waals surface area contributed by atoms with Gasteiger partial charge in [-0.2, -0.15) is 4.31 Å². The Morgan fingerprint density at radius 1 is 1.20 bits per heavy atom. The number of pyridine rings is 1. The maximum atomic E-state index is 13.1. The van der Waals surface area contributed by atoms with Gasteiger partial charge in [0.15, 0.2) is 0 Å². The fraction of sp³-hybridized carbons (Fsp3) is 0.412. The third kappa shape index (κ3) is 3.51. The molecule has 7 nitrogen and oxygen atoms in total. The molecule has 3 rings (SSSR count). The highest BCUT2D eigenvalue weighted by molar-refractivity contribution is 7.89. The number of aromatic nitrogens is 1. The van der Waals surface area contributed by atoms with E-state index in [0.29, 0.717) is 24.9 Å². The Morgan fingerprint density at radius 3 is 2.76 bits per heavy atom. The topological polar surface area (TPSA) is 90.8 Å². The van der Waals surface area contributed by atoms with Crippen LogP contribution in [0.4, 0.5) is 0 Å². The van der Waals surface area contributed by atoms with Gasteiger partial charge in [0, 0.05) is 49.3 Å². The van der Waals surface area contributed by atoms with Crippen molar-refractivity contribution in [2.24, 2.45) is 0 Å². The highest BCUT2D eigenvalue weighted by Gasteiger charge is 2.30. The quantitative estimate of drug-likeness (QED) is 0.873. The van der Waals surface area contributed by atoms with Gasteiger partial charge < -0.3 is 10.0 Å². The number of carbonyl (C=O) groups is 1. The molecule has 0 saturated carbocycles. The second-order valence-electron chi connectivity index (χ2n) is 6.11. The van der Waals surface area contributed by atoms with Gasteiger partial charge in [-0.25, -0.2) is 8.42 Å². The highest BCUT2D eigenvalue weighted by Crippen LogP contribution is 2.25. The third-order valence-corrected chi connectivity index (χ3v) is 6.34. The van der Waals surface area contributed by atoms with Crippen molar-refractivity contribution in [1.82, 2.24) is 14.2 Å². The summed E-state index contributed by atoms with van der Waals surface area (Å²) >= 11 is 0. The van der Waals surface area contributed by atoms with Crippen molar-refractivity contribution in [2.45, 2.75) is 24.3 Å². The van der Waals surface area contributed by atoms with Crippen LogP contribution in [0.1, 0.15) is 13.3 Å². The SMILES string of the molecule is C[C@H](O)C(=O)N1CCCN(S(=O)(=O)c2cccc3cnccc23)CC1. The molecule has 2 aromatic rings. The molecule has 0 aliphatic carbocycles. The normalized spacial score (nSPS) is 18.1. The van der Waals surface area contributed by atoms with E-state index in [1.165, 1.54) is 16.1 Å². The molecule has 0 spiro atoms. The molecule has 1 amide bonds. The lowest BCUT2D eigenvalue weighted by Crippen LogP contribution is -2.41. The van der Waals surface area contributed by atoms with Gasteiger partial charge in [0.25, 0.3) is 5.91 Å². The van der Waals surface area contributed by atoms with Crippen LogP contribution < -0.4 is 0 Å². The molecule has 1 aromatic carbocycles. The zero-order valence-corrected chi connectivity index (χ0v) is 14.8. The minimum atomic E-state index is -3.68. The number of hydrogen-bond donors (Lipinski definition) is 1. The first kappa shape index (κ1) is 17.8. The van der Waals surface area contributed by atoms with Gasteiger partial charge in [0.1, 0.15) is 6.10 Å². The molecular formula is C17H21N3O4S. The number of rotatable bonds is 3. The molecule has 0 bridgehead atoms. The summed E-state index contributed by atoms with van der Waals surface area (Å²) in [6.07, 6.45) is 2.67. The molecular weight excluding hydrogens is 342 g/mol. The third-order valence-electron chi connectivity index (χ3n) is 4.38. The first-order valence-electron chi connectivity index (χ1n) is 8.21. The van der Waals surface area contributed by atoms with Crippen LogP contribution in [-0.2, 0) is 14.8 Å². The fourth-order valence-electron chi connectivity index (χ4n) is 3.08. The van der Waals surface area contributed by atoms with E-state index in [1.54, 1.807) is 30.6 Å². The van der Waals surface area contributed by atoms with Crippen molar-refractivity contribution in [3.8, 4) is 0 Å². The maximum absolute atomic E-state index is 13.1. The molecule has 1 atom stereocenters. The van der Waals surface area contributed by atoms with E-state index in [4.69, 9.17) is 0 Å². The first-order chi connectivity index (χ1) is 11.9. The van der Waals surface area contributed by atoms with Crippen LogP contribution in [0.2, 0.25) is 0 Å². The van der Waals surface area contributed by atoms with Crippen molar-refractivity contribution in [3.63, 3.8) is 0 Å². The molecule has 25 heavy (non-hydrogen) atoms.